The van der Waals surface area contributed by atoms with Gasteiger partial charge in [-0.15, -0.1) is 11.8 Å². The van der Waals surface area contributed by atoms with E-state index in [9.17, 15) is 4.79 Å². The molecule has 1 N–H and O–H groups in total. The Bertz CT molecular complexity index is 171. The lowest BCUT2D eigenvalue weighted by molar-refractivity contribution is -0.141. The molecule has 0 aliphatic carbocycles. The summed E-state index contributed by atoms with van der Waals surface area (Å²) in [5.74, 6) is 0.618. The molecule has 0 amide bonds. The molecule has 1 aliphatic rings. The van der Waals surface area contributed by atoms with E-state index < -0.39 is 10.7 Å². The van der Waals surface area contributed by atoms with Crippen molar-refractivity contribution < 1.29 is 9.90 Å². The van der Waals surface area contributed by atoms with Gasteiger partial charge in [0.15, 0.2) is 0 Å². The maximum Gasteiger partial charge on any atom is 0.320 e. The van der Waals surface area contributed by atoms with Crippen molar-refractivity contribution in [2.75, 3.05) is 5.75 Å². The first-order valence-corrected chi connectivity index (χ1v) is 5.45. The van der Waals surface area contributed by atoms with Gasteiger partial charge in [0.05, 0.1) is 0 Å². The third-order valence-electron chi connectivity index (χ3n) is 2.60. The van der Waals surface area contributed by atoms with Crippen molar-refractivity contribution >= 4 is 17.7 Å². The van der Waals surface area contributed by atoms with Gasteiger partial charge >= 0.3 is 5.97 Å². The van der Waals surface area contributed by atoms with Gasteiger partial charge in [0.2, 0.25) is 0 Å². The minimum absolute atomic E-state index is 0.236. The highest BCUT2D eigenvalue weighted by atomic mass is 32.2. The van der Waals surface area contributed by atoms with Crippen LogP contribution in [0.5, 0.6) is 0 Å². The Labute approximate surface area is 77.7 Å². The van der Waals surface area contributed by atoms with Crippen molar-refractivity contribution in [1.29, 1.82) is 0 Å². The van der Waals surface area contributed by atoms with Gasteiger partial charge in [-0.3, -0.25) is 4.79 Å². The Morgan fingerprint density at radius 1 is 1.50 bits per heavy atom. The molecule has 0 aromatic rings. The molecule has 1 fully saturated rings. The zero-order valence-corrected chi connectivity index (χ0v) is 8.49. The summed E-state index contributed by atoms with van der Waals surface area (Å²) >= 11 is 1.63. The summed E-state index contributed by atoms with van der Waals surface area (Å²) in [4.78, 5) is 11.1. The number of thioether (sulfide) groups is 1. The summed E-state index contributed by atoms with van der Waals surface area (Å²) < 4.78 is -0.488. The van der Waals surface area contributed by atoms with Crippen LogP contribution in [-0.4, -0.2) is 21.6 Å². The van der Waals surface area contributed by atoms with E-state index in [1.165, 1.54) is 6.42 Å². The van der Waals surface area contributed by atoms with Crippen LogP contribution in [0.4, 0.5) is 0 Å². The SMILES string of the molecule is CC(C)C1(C(=O)O)CCCCS1. The Balaban J connectivity index is 2.77. The Kier molecular flexibility index (Phi) is 3.04. The number of aliphatic carboxylic acids is 1. The summed E-state index contributed by atoms with van der Waals surface area (Å²) in [6, 6.07) is 0. The molecule has 0 saturated carbocycles. The number of carboxylic acids is 1. The molecule has 0 radical (unpaired) electrons. The van der Waals surface area contributed by atoms with Crippen LogP contribution in [0.2, 0.25) is 0 Å². The second-order valence-corrected chi connectivity index (χ2v) is 5.08. The van der Waals surface area contributed by atoms with Crippen LogP contribution in [0, 0.1) is 5.92 Å². The van der Waals surface area contributed by atoms with Gasteiger partial charge < -0.3 is 5.11 Å². The lowest BCUT2D eigenvalue weighted by atomic mass is 9.89. The molecule has 3 heteroatoms. The van der Waals surface area contributed by atoms with E-state index in [4.69, 9.17) is 5.11 Å². The fourth-order valence-electron chi connectivity index (χ4n) is 1.69. The lowest BCUT2D eigenvalue weighted by Crippen LogP contribution is -2.42. The first-order valence-electron chi connectivity index (χ1n) is 4.47. The number of hydrogen-bond donors (Lipinski definition) is 1. The number of rotatable bonds is 2. The molecular formula is C9H16O2S. The summed E-state index contributed by atoms with van der Waals surface area (Å²) in [6.07, 6.45) is 3.08. The summed E-state index contributed by atoms with van der Waals surface area (Å²) in [6.45, 7) is 4.01. The Morgan fingerprint density at radius 2 is 2.17 bits per heavy atom. The number of carbonyl (C=O) groups is 1. The second-order valence-electron chi connectivity index (χ2n) is 3.65. The molecule has 12 heavy (non-hydrogen) atoms. The highest BCUT2D eigenvalue weighted by Gasteiger charge is 2.43. The summed E-state index contributed by atoms with van der Waals surface area (Å²) in [5, 5.41) is 9.14. The first-order chi connectivity index (χ1) is 5.59. The van der Waals surface area contributed by atoms with Crippen molar-refractivity contribution in [3.05, 3.63) is 0 Å². The van der Waals surface area contributed by atoms with Crippen LogP contribution in [-0.2, 0) is 4.79 Å². The minimum atomic E-state index is -0.623. The van der Waals surface area contributed by atoms with Crippen LogP contribution in [0.3, 0.4) is 0 Å². The fraction of sp³-hybridized carbons (Fsp3) is 0.889. The first kappa shape index (κ1) is 9.90. The van der Waals surface area contributed by atoms with Gasteiger partial charge in [0.25, 0.3) is 0 Å². The smallest absolute Gasteiger partial charge is 0.320 e. The molecule has 1 heterocycles. The third kappa shape index (κ3) is 1.60. The quantitative estimate of drug-likeness (QED) is 0.723. The largest absolute Gasteiger partial charge is 0.480 e. The van der Waals surface area contributed by atoms with Crippen molar-refractivity contribution in [3.8, 4) is 0 Å². The minimum Gasteiger partial charge on any atom is -0.480 e. The second kappa shape index (κ2) is 3.69. The van der Waals surface area contributed by atoms with Gasteiger partial charge in [-0.2, -0.15) is 0 Å². The molecule has 2 nitrogen and oxygen atoms in total. The van der Waals surface area contributed by atoms with Gasteiger partial charge in [0, 0.05) is 0 Å². The van der Waals surface area contributed by atoms with E-state index in [0.717, 1.165) is 18.6 Å². The monoisotopic (exact) mass is 188 g/mol. The normalized spacial score (nSPS) is 30.6. The molecule has 1 rings (SSSR count). The number of hydrogen-bond acceptors (Lipinski definition) is 2. The van der Waals surface area contributed by atoms with Crippen LogP contribution >= 0.6 is 11.8 Å². The fourth-order valence-corrected chi connectivity index (χ4v) is 3.15. The van der Waals surface area contributed by atoms with E-state index in [2.05, 4.69) is 0 Å². The maximum atomic E-state index is 11.1. The van der Waals surface area contributed by atoms with Gasteiger partial charge in [0.1, 0.15) is 4.75 Å². The highest BCUT2D eigenvalue weighted by Crippen LogP contribution is 2.42. The standard InChI is InChI=1S/C9H16O2S/c1-7(2)9(8(10)11)5-3-4-6-12-9/h7H,3-6H2,1-2H3,(H,10,11). The van der Waals surface area contributed by atoms with Crippen LogP contribution in [0.1, 0.15) is 33.1 Å². The molecule has 0 spiro atoms. The molecule has 70 valence electrons. The van der Waals surface area contributed by atoms with Crippen molar-refractivity contribution in [2.45, 2.75) is 37.9 Å². The van der Waals surface area contributed by atoms with E-state index in [1.807, 2.05) is 13.8 Å². The van der Waals surface area contributed by atoms with Crippen LogP contribution < -0.4 is 0 Å². The lowest BCUT2D eigenvalue weighted by Gasteiger charge is -2.35. The molecule has 1 unspecified atom stereocenters. The van der Waals surface area contributed by atoms with Gasteiger partial charge in [-0.25, -0.2) is 0 Å². The molecule has 0 bridgehead atoms. The zero-order valence-electron chi connectivity index (χ0n) is 7.67. The number of carboxylic acid groups (broad SMARTS) is 1. The predicted octanol–water partition coefficient (Wildman–Crippen LogP) is 2.38. The molecule has 1 aliphatic heterocycles. The Morgan fingerprint density at radius 3 is 2.42 bits per heavy atom. The van der Waals surface area contributed by atoms with E-state index in [-0.39, 0.29) is 5.92 Å². The molecule has 0 aromatic heterocycles. The summed E-state index contributed by atoms with van der Waals surface area (Å²) in [7, 11) is 0. The van der Waals surface area contributed by atoms with Crippen LogP contribution in [0.25, 0.3) is 0 Å². The highest BCUT2D eigenvalue weighted by molar-refractivity contribution is 8.01. The maximum absolute atomic E-state index is 11.1. The molecule has 0 aromatic carbocycles. The predicted molar refractivity (Wildman–Crippen MR) is 51.5 cm³/mol. The average molecular weight is 188 g/mol. The summed E-state index contributed by atoms with van der Waals surface area (Å²) in [5.41, 5.74) is 0. The van der Waals surface area contributed by atoms with Crippen molar-refractivity contribution in [3.63, 3.8) is 0 Å². The van der Waals surface area contributed by atoms with E-state index in [0.29, 0.717) is 0 Å². The van der Waals surface area contributed by atoms with Crippen molar-refractivity contribution in [2.24, 2.45) is 5.92 Å². The van der Waals surface area contributed by atoms with Gasteiger partial charge in [-0.05, 0) is 24.5 Å². The molecule has 1 atom stereocenters. The average Bonchev–Trinajstić information content (AvgIpc) is 2.05. The van der Waals surface area contributed by atoms with E-state index >= 15 is 0 Å². The molecular weight excluding hydrogens is 172 g/mol. The van der Waals surface area contributed by atoms with Gasteiger partial charge in [-0.1, -0.05) is 20.3 Å². The van der Waals surface area contributed by atoms with E-state index in [1.54, 1.807) is 11.8 Å². The Hall–Kier alpha value is -0.180. The van der Waals surface area contributed by atoms with Crippen LogP contribution in [0.15, 0.2) is 0 Å². The zero-order chi connectivity index (χ0) is 9.19. The topological polar surface area (TPSA) is 37.3 Å². The molecule has 1 saturated heterocycles. The third-order valence-corrected chi connectivity index (χ3v) is 4.45. The van der Waals surface area contributed by atoms with Crippen molar-refractivity contribution in [1.82, 2.24) is 0 Å².